The highest BCUT2D eigenvalue weighted by molar-refractivity contribution is 5.91. The van der Waals surface area contributed by atoms with Crippen molar-refractivity contribution in [2.45, 2.75) is 19.3 Å². The maximum atomic E-state index is 11.3. The van der Waals surface area contributed by atoms with E-state index in [9.17, 15) is 4.79 Å². The van der Waals surface area contributed by atoms with Crippen LogP contribution in [0.25, 0.3) is 0 Å². The molecule has 13 heavy (non-hydrogen) atoms. The first-order valence-electron chi connectivity index (χ1n) is 4.50. The highest BCUT2D eigenvalue weighted by atomic mass is 16.1. The Balaban J connectivity index is 1.71. The van der Waals surface area contributed by atoms with Crippen molar-refractivity contribution in [2.24, 2.45) is 5.92 Å². The van der Waals surface area contributed by atoms with Crippen molar-refractivity contribution in [3.8, 4) is 0 Å². The fourth-order valence-electron chi connectivity index (χ4n) is 1.20. The molecule has 0 radical (unpaired) electrons. The van der Waals surface area contributed by atoms with Crippen LogP contribution in [-0.4, -0.2) is 27.9 Å². The van der Waals surface area contributed by atoms with Crippen molar-refractivity contribution in [3.05, 3.63) is 11.9 Å². The molecule has 2 rings (SSSR count). The molecule has 0 unspecified atom stereocenters. The van der Waals surface area contributed by atoms with E-state index < -0.39 is 0 Å². The molecular weight excluding hydrogens is 168 g/mol. The molecule has 70 valence electrons. The molecule has 5 heteroatoms. The highest BCUT2D eigenvalue weighted by Crippen LogP contribution is 2.31. The lowest BCUT2D eigenvalue weighted by molar-refractivity contribution is 0.0947. The molecule has 1 fully saturated rings. The van der Waals surface area contributed by atoms with Crippen LogP contribution in [0.5, 0.6) is 0 Å². The van der Waals surface area contributed by atoms with Crippen LogP contribution in [0.3, 0.4) is 0 Å². The maximum Gasteiger partial charge on any atom is 0.273 e. The van der Waals surface area contributed by atoms with E-state index >= 15 is 0 Å². The zero-order chi connectivity index (χ0) is 9.10. The predicted octanol–water partition coefficient (Wildman–Crippen LogP) is 0.335. The van der Waals surface area contributed by atoms with Gasteiger partial charge in [0.15, 0.2) is 5.69 Å². The Labute approximate surface area is 75.9 Å². The minimum absolute atomic E-state index is 0.144. The van der Waals surface area contributed by atoms with E-state index in [0.717, 1.165) is 18.9 Å². The van der Waals surface area contributed by atoms with E-state index in [-0.39, 0.29) is 5.91 Å². The molecule has 5 nitrogen and oxygen atoms in total. The first-order valence-corrected chi connectivity index (χ1v) is 4.50. The highest BCUT2D eigenvalue weighted by Gasteiger charge is 2.20. The first-order chi connectivity index (χ1) is 6.36. The molecule has 1 saturated carbocycles. The van der Waals surface area contributed by atoms with Gasteiger partial charge in [0.2, 0.25) is 0 Å². The Morgan fingerprint density at radius 2 is 2.54 bits per heavy atom. The average Bonchev–Trinajstić information content (AvgIpc) is 2.80. The van der Waals surface area contributed by atoms with Gasteiger partial charge in [-0.15, -0.1) is 0 Å². The molecule has 0 aliphatic heterocycles. The fraction of sp³-hybridized carbons (Fsp3) is 0.625. The van der Waals surface area contributed by atoms with Gasteiger partial charge >= 0.3 is 0 Å². The maximum absolute atomic E-state index is 11.3. The molecule has 2 N–H and O–H groups in total. The van der Waals surface area contributed by atoms with Crippen LogP contribution in [0.2, 0.25) is 0 Å². The molecule has 1 aliphatic carbocycles. The van der Waals surface area contributed by atoms with Crippen molar-refractivity contribution < 1.29 is 4.79 Å². The molecule has 1 aromatic heterocycles. The van der Waals surface area contributed by atoms with Crippen LogP contribution in [0.15, 0.2) is 6.20 Å². The molecule has 0 spiro atoms. The normalized spacial score (nSPS) is 15.7. The van der Waals surface area contributed by atoms with Gasteiger partial charge in [-0.05, 0) is 12.3 Å². The fourth-order valence-corrected chi connectivity index (χ4v) is 1.20. The second-order valence-electron chi connectivity index (χ2n) is 3.34. The van der Waals surface area contributed by atoms with Gasteiger partial charge < -0.3 is 5.32 Å². The average molecular weight is 180 g/mol. The topological polar surface area (TPSA) is 70.7 Å². The molecule has 1 aliphatic rings. The zero-order valence-electron chi connectivity index (χ0n) is 7.29. The lowest BCUT2D eigenvalue weighted by atomic mass is 10.3. The summed E-state index contributed by atoms with van der Waals surface area (Å²) in [6, 6.07) is 0. The number of hydrogen-bond donors (Lipinski definition) is 2. The molecular formula is C8H12N4O. The van der Waals surface area contributed by atoms with Crippen LogP contribution < -0.4 is 5.32 Å². The van der Waals surface area contributed by atoms with Gasteiger partial charge in [-0.1, -0.05) is 12.8 Å². The Morgan fingerprint density at radius 3 is 3.15 bits per heavy atom. The van der Waals surface area contributed by atoms with Gasteiger partial charge in [0, 0.05) is 6.54 Å². The number of carbonyl (C=O) groups is 1. The summed E-state index contributed by atoms with van der Waals surface area (Å²) in [5.41, 5.74) is 0.357. The van der Waals surface area contributed by atoms with Crippen molar-refractivity contribution >= 4 is 5.91 Å². The quantitative estimate of drug-likeness (QED) is 0.701. The van der Waals surface area contributed by atoms with Crippen molar-refractivity contribution in [1.82, 2.24) is 20.7 Å². The number of nitrogens with zero attached hydrogens (tertiary/aromatic N) is 2. The summed E-state index contributed by atoms with van der Waals surface area (Å²) in [7, 11) is 0. The summed E-state index contributed by atoms with van der Waals surface area (Å²) in [5.74, 6) is 0.701. The van der Waals surface area contributed by atoms with Gasteiger partial charge in [0.1, 0.15) is 0 Å². The molecule has 0 atom stereocenters. The Hall–Kier alpha value is -1.39. The smallest absolute Gasteiger partial charge is 0.273 e. The molecule has 1 heterocycles. The predicted molar refractivity (Wildman–Crippen MR) is 46.1 cm³/mol. The summed E-state index contributed by atoms with van der Waals surface area (Å²) < 4.78 is 0. The number of amides is 1. The van der Waals surface area contributed by atoms with E-state index in [1.54, 1.807) is 0 Å². The Bertz CT molecular complexity index is 278. The van der Waals surface area contributed by atoms with Crippen molar-refractivity contribution in [2.75, 3.05) is 6.54 Å². The molecule has 0 aromatic carbocycles. The Morgan fingerprint density at radius 1 is 1.69 bits per heavy atom. The van der Waals surface area contributed by atoms with Gasteiger partial charge in [-0.2, -0.15) is 15.4 Å². The standard InChI is InChI=1S/C8H12N4O/c13-8(7-5-10-12-11-7)9-4-3-6-1-2-6/h5-6H,1-4H2,(H,9,13)(H,10,11,12). The van der Waals surface area contributed by atoms with Crippen molar-refractivity contribution in [1.29, 1.82) is 0 Å². The number of rotatable bonds is 4. The number of aromatic nitrogens is 3. The number of aromatic amines is 1. The van der Waals surface area contributed by atoms with Gasteiger partial charge in [0.05, 0.1) is 6.20 Å². The molecule has 0 bridgehead atoms. The van der Waals surface area contributed by atoms with Crippen LogP contribution in [0.1, 0.15) is 29.8 Å². The van der Waals surface area contributed by atoms with E-state index in [4.69, 9.17) is 0 Å². The van der Waals surface area contributed by atoms with Crippen LogP contribution in [-0.2, 0) is 0 Å². The van der Waals surface area contributed by atoms with Gasteiger partial charge in [-0.25, -0.2) is 0 Å². The second-order valence-corrected chi connectivity index (χ2v) is 3.34. The minimum Gasteiger partial charge on any atom is -0.351 e. The minimum atomic E-state index is -0.144. The van der Waals surface area contributed by atoms with Gasteiger partial charge in [-0.3, -0.25) is 4.79 Å². The third-order valence-electron chi connectivity index (χ3n) is 2.18. The molecule has 1 aromatic rings. The second kappa shape index (κ2) is 3.55. The van der Waals surface area contributed by atoms with Gasteiger partial charge in [0.25, 0.3) is 5.91 Å². The number of H-pyrrole nitrogens is 1. The van der Waals surface area contributed by atoms with Crippen LogP contribution in [0.4, 0.5) is 0 Å². The number of hydrogen-bond acceptors (Lipinski definition) is 3. The number of carbonyl (C=O) groups excluding carboxylic acids is 1. The Kier molecular flexibility index (Phi) is 2.25. The summed E-state index contributed by atoms with van der Waals surface area (Å²) in [6.45, 7) is 0.746. The first kappa shape index (κ1) is 8.22. The van der Waals surface area contributed by atoms with Crippen LogP contribution in [0, 0.1) is 5.92 Å². The summed E-state index contributed by atoms with van der Waals surface area (Å²) in [6.07, 6.45) is 5.15. The number of nitrogens with one attached hydrogen (secondary N) is 2. The third-order valence-corrected chi connectivity index (χ3v) is 2.18. The van der Waals surface area contributed by atoms with E-state index in [1.165, 1.54) is 19.0 Å². The summed E-state index contributed by atoms with van der Waals surface area (Å²) in [4.78, 5) is 11.3. The van der Waals surface area contributed by atoms with E-state index in [2.05, 4.69) is 20.7 Å². The largest absolute Gasteiger partial charge is 0.351 e. The zero-order valence-corrected chi connectivity index (χ0v) is 7.29. The monoisotopic (exact) mass is 180 g/mol. The van der Waals surface area contributed by atoms with Crippen molar-refractivity contribution in [3.63, 3.8) is 0 Å². The lowest BCUT2D eigenvalue weighted by Gasteiger charge is -2.00. The molecule has 0 saturated heterocycles. The SMILES string of the molecule is O=C(NCCC1CC1)c1cn[nH]n1. The molecule has 1 amide bonds. The van der Waals surface area contributed by atoms with E-state index in [1.807, 2.05) is 0 Å². The summed E-state index contributed by atoms with van der Waals surface area (Å²) in [5, 5.41) is 12.4. The lowest BCUT2D eigenvalue weighted by Crippen LogP contribution is -2.25. The van der Waals surface area contributed by atoms with E-state index in [0.29, 0.717) is 5.69 Å². The summed E-state index contributed by atoms with van der Waals surface area (Å²) >= 11 is 0. The third kappa shape index (κ3) is 2.27. The van der Waals surface area contributed by atoms with Crippen LogP contribution >= 0.6 is 0 Å².